The van der Waals surface area contributed by atoms with Gasteiger partial charge in [0, 0.05) is 17.6 Å². The molecule has 1 amide bonds. The summed E-state index contributed by atoms with van der Waals surface area (Å²) in [6.07, 6.45) is 4.71. The molecule has 100 valence electrons. The first-order valence-electron chi connectivity index (χ1n) is 6.91. The summed E-state index contributed by atoms with van der Waals surface area (Å²) in [6.45, 7) is 3.02. The van der Waals surface area contributed by atoms with Crippen LogP contribution in [0, 0.1) is 0 Å². The van der Waals surface area contributed by atoms with Gasteiger partial charge < -0.3 is 4.57 Å². The SMILES string of the molecule is CCn1c2c(c3cccc(C(=O)NN)c31)CCCC2. The van der Waals surface area contributed by atoms with E-state index < -0.39 is 0 Å². The Balaban J connectivity index is 2.36. The van der Waals surface area contributed by atoms with Gasteiger partial charge in [0.1, 0.15) is 0 Å². The standard InChI is InChI=1S/C15H19N3O/c1-2-18-13-9-4-3-6-10(13)11-7-5-8-12(14(11)18)15(19)17-16/h5,7-8H,2-4,6,9,16H2,1H3,(H,17,19). The van der Waals surface area contributed by atoms with Gasteiger partial charge in [-0.05, 0) is 44.2 Å². The number of nitrogens with two attached hydrogens (primary N) is 1. The van der Waals surface area contributed by atoms with Crippen molar-refractivity contribution in [2.24, 2.45) is 5.84 Å². The zero-order valence-electron chi connectivity index (χ0n) is 11.2. The van der Waals surface area contributed by atoms with E-state index in [1.807, 2.05) is 12.1 Å². The normalized spacial score (nSPS) is 14.4. The molecule has 1 aliphatic rings. The van der Waals surface area contributed by atoms with E-state index in [0.717, 1.165) is 24.9 Å². The van der Waals surface area contributed by atoms with Crippen LogP contribution < -0.4 is 11.3 Å². The van der Waals surface area contributed by atoms with Crippen molar-refractivity contribution in [3.63, 3.8) is 0 Å². The molecule has 1 aliphatic carbocycles. The number of nitrogens with one attached hydrogen (secondary N) is 1. The van der Waals surface area contributed by atoms with Crippen LogP contribution in [-0.4, -0.2) is 10.5 Å². The van der Waals surface area contributed by atoms with Crippen LogP contribution in [-0.2, 0) is 19.4 Å². The van der Waals surface area contributed by atoms with Crippen molar-refractivity contribution in [2.75, 3.05) is 0 Å². The maximum absolute atomic E-state index is 12.0. The number of para-hydroxylation sites is 1. The molecule has 0 radical (unpaired) electrons. The Labute approximate surface area is 112 Å². The van der Waals surface area contributed by atoms with E-state index >= 15 is 0 Å². The molecule has 1 heterocycles. The number of carbonyl (C=O) groups excluding carboxylic acids is 1. The summed E-state index contributed by atoms with van der Waals surface area (Å²) in [4.78, 5) is 12.0. The summed E-state index contributed by atoms with van der Waals surface area (Å²) >= 11 is 0. The van der Waals surface area contributed by atoms with E-state index in [1.54, 1.807) is 0 Å². The Kier molecular flexibility index (Phi) is 3.03. The van der Waals surface area contributed by atoms with E-state index in [1.165, 1.54) is 29.5 Å². The number of amides is 1. The average molecular weight is 257 g/mol. The van der Waals surface area contributed by atoms with Gasteiger partial charge in [-0.3, -0.25) is 10.2 Å². The first-order valence-corrected chi connectivity index (χ1v) is 6.91. The molecular formula is C15H19N3O. The van der Waals surface area contributed by atoms with Crippen molar-refractivity contribution >= 4 is 16.8 Å². The third-order valence-electron chi connectivity index (χ3n) is 4.09. The van der Waals surface area contributed by atoms with Crippen molar-refractivity contribution in [1.29, 1.82) is 0 Å². The molecule has 0 atom stereocenters. The van der Waals surface area contributed by atoms with Crippen LogP contribution in [0.3, 0.4) is 0 Å². The number of hydrazine groups is 1. The fourth-order valence-corrected chi connectivity index (χ4v) is 3.30. The zero-order valence-corrected chi connectivity index (χ0v) is 11.2. The van der Waals surface area contributed by atoms with Crippen LogP contribution in [0.5, 0.6) is 0 Å². The molecule has 2 aromatic rings. The Morgan fingerprint density at radius 3 is 2.89 bits per heavy atom. The second kappa shape index (κ2) is 4.70. The van der Waals surface area contributed by atoms with Crippen molar-refractivity contribution in [3.8, 4) is 0 Å². The first kappa shape index (κ1) is 12.2. The highest BCUT2D eigenvalue weighted by Gasteiger charge is 2.22. The minimum absolute atomic E-state index is 0.213. The highest BCUT2D eigenvalue weighted by atomic mass is 16.2. The van der Waals surface area contributed by atoms with Crippen LogP contribution in [0.15, 0.2) is 18.2 Å². The van der Waals surface area contributed by atoms with E-state index in [9.17, 15) is 4.79 Å². The van der Waals surface area contributed by atoms with Crippen molar-refractivity contribution in [1.82, 2.24) is 9.99 Å². The van der Waals surface area contributed by atoms with Gasteiger partial charge in [-0.25, -0.2) is 5.84 Å². The van der Waals surface area contributed by atoms with Gasteiger partial charge in [0.25, 0.3) is 5.91 Å². The summed E-state index contributed by atoms with van der Waals surface area (Å²) in [5.74, 6) is 5.09. The quantitative estimate of drug-likeness (QED) is 0.492. The number of nitrogens with zero attached hydrogens (tertiary/aromatic N) is 1. The topological polar surface area (TPSA) is 60.0 Å². The van der Waals surface area contributed by atoms with Crippen LogP contribution in [0.1, 0.15) is 41.4 Å². The lowest BCUT2D eigenvalue weighted by Gasteiger charge is -2.14. The summed E-state index contributed by atoms with van der Waals surface area (Å²) < 4.78 is 2.29. The highest BCUT2D eigenvalue weighted by molar-refractivity contribution is 6.07. The van der Waals surface area contributed by atoms with Gasteiger partial charge in [-0.2, -0.15) is 0 Å². The second-order valence-electron chi connectivity index (χ2n) is 5.05. The summed E-state index contributed by atoms with van der Waals surface area (Å²) in [7, 11) is 0. The molecule has 1 aromatic carbocycles. The minimum Gasteiger partial charge on any atom is -0.344 e. The van der Waals surface area contributed by atoms with Crippen molar-refractivity contribution in [2.45, 2.75) is 39.2 Å². The molecule has 0 unspecified atom stereocenters. The van der Waals surface area contributed by atoms with Crippen molar-refractivity contribution < 1.29 is 4.79 Å². The molecule has 1 aromatic heterocycles. The Bertz CT molecular complexity index is 642. The third-order valence-corrected chi connectivity index (χ3v) is 4.09. The highest BCUT2D eigenvalue weighted by Crippen LogP contribution is 2.33. The lowest BCUT2D eigenvalue weighted by atomic mass is 9.95. The minimum atomic E-state index is -0.213. The molecule has 4 nitrogen and oxygen atoms in total. The summed E-state index contributed by atoms with van der Waals surface area (Å²) in [5, 5.41) is 1.22. The number of hydrogen-bond acceptors (Lipinski definition) is 2. The Morgan fingerprint density at radius 2 is 2.16 bits per heavy atom. The number of hydrogen-bond donors (Lipinski definition) is 2. The van der Waals surface area contributed by atoms with E-state index in [2.05, 4.69) is 23.0 Å². The number of aryl methyl sites for hydroxylation is 2. The molecule has 0 saturated carbocycles. The monoisotopic (exact) mass is 257 g/mol. The molecule has 0 saturated heterocycles. The van der Waals surface area contributed by atoms with Crippen LogP contribution in [0.4, 0.5) is 0 Å². The maximum Gasteiger partial charge on any atom is 0.267 e. The number of carbonyl (C=O) groups is 1. The second-order valence-corrected chi connectivity index (χ2v) is 5.05. The number of rotatable bonds is 2. The Hall–Kier alpha value is -1.81. The molecular weight excluding hydrogens is 238 g/mol. The third kappa shape index (κ3) is 1.75. The van der Waals surface area contributed by atoms with Crippen LogP contribution in [0.2, 0.25) is 0 Å². The first-order chi connectivity index (χ1) is 9.27. The van der Waals surface area contributed by atoms with E-state index in [0.29, 0.717) is 5.56 Å². The number of aromatic nitrogens is 1. The van der Waals surface area contributed by atoms with E-state index in [4.69, 9.17) is 5.84 Å². The van der Waals surface area contributed by atoms with Crippen LogP contribution in [0.25, 0.3) is 10.9 Å². The van der Waals surface area contributed by atoms with Gasteiger partial charge >= 0.3 is 0 Å². The van der Waals surface area contributed by atoms with Gasteiger partial charge in [0.05, 0.1) is 11.1 Å². The molecule has 4 heteroatoms. The lowest BCUT2D eigenvalue weighted by Crippen LogP contribution is -2.30. The molecule has 0 bridgehead atoms. The maximum atomic E-state index is 12.0. The molecule has 3 N–H and O–H groups in total. The molecule has 19 heavy (non-hydrogen) atoms. The van der Waals surface area contributed by atoms with Crippen molar-refractivity contribution in [3.05, 3.63) is 35.0 Å². The average Bonchev–Trinajstić information content (AvgIpc) is 2.80. The fraction of sp³-hybridized carbons (Fsp3) is 0.400. The van der Waals surface area contributed by atoms with E-state index in [-0.39, 0.29) is 5.91 Å². The van der Waals surface area contributed by atoms with Gasteiger partial charge in [0.15, 0.2) is 0 Å². The molecule has 0 aliphatic heterocycles. The summed E-state index contributed by atoms with van der Waals surface area (Å²) in [6, 6.07) is 5.92. The largest absolute Gasteiger partial charge is 0.344 e. The lowest BCUT2D eigenvalue weighted by molar-refractivity contribution is 0.0955. The van der Waals surface area contributed by atoms with Gasteiger partial charge in [-0.15, -0.1) is 0 Å². The molecule has 3 rings (SSSR count). The number of fused-ring (bicyclic) bond motifs is 3. The van der Waals surface area contributed by atoms with Gasteiger partial charge in [0.2, 0.25) is 0 Å². The number of nitrogen functional groups attached to an aromatic ring is 1. The molecule has 0 fully saturated rings. The smallest absolute Gasteiger partial charge is 0.267 e. The predicted molar refractivity (Wildman–Crippen MR) is 75.9 cm³/mol. The van der Waals surface area contributed by atoms with Crippen LogP contribution >= 0.6 is 0 Å². The Morgan fingerprint density at radius 1 is 1.37 bits per heavy atom. The zero-order chi connectivity index (χ0) is 13.4. The summed E-state index contributed by atoms with van der Waals surface area (Å²) in [5.41, 5.74) is 6.80. The number of benzene rings is 1. The fourth-order valence-electron chi connectivity index (χ4n) is 3.30. The molecule has 0 spiro atoms. The van der Waals surface area contributed by atoms with Gasteiger partial charge in [-0.1, -0.05) is 12.1 Å². The predicted octanol–water partition coefficient (Wildman–Crippen LogP) is 2.14.